The molecular weight excluding hydrogens is 342 g/mol. The first-order valence-electron chi connectivity index (χ1n) is 8.03. The van der Waals surface area contributed by atoms with E-state index in [4.69, 9.17) is 11.6 Å². The summed E-state index contributed by atoms with van der Waals surface area (Å²) in [5.41, 5.74) is 2.51. The smallest absolute Gasteiger partial charge is 0.271 e. The van der Waals surface area contributed by atoms with Crippen molar-refractivity contribution in [3.05, 3.63) is 68.7 Å². The van der Waals surface area contributed by atoms with Crippen LogP contribution in [0.4, 0.5) is 11.4 Å². The van der Waals surface area contributed by atoms with Gasteiger partial charge in [0, 0.05) is 29.7 Å². The minimum atomic E-state index is -0.445. The molecule has 2 aromatic carbocycles. The van der Waals surface area contributed by atoms with Gasteiger partial charge in [-0.2, -0.15) is 0 Å². The molecule has 0 aliphatic carbocycles. The van der Waals surface area contributed by atoms with Crippen LogP contribution in [0.25, 0.3) is 0 Å². The quantitative estimate of drug-likeness (QED) is 0.655. The first-order chi connectivity index (χ1) is 12.0. The number of benzene rings is 2. The van der Waals surface area contributed by atoms with Crippen LogP contribution >= 0.6 is 11.6 Å². The number of fused-ring (bicyclic) bond motifs is 1. The van der Waals surface area contributed by atoms with Gasteiger partial charge in [-0.15, -0.1) is 0 Å². The highest BCUT2D eigenvalue weighted by atomic mass is 35.5. The first-order valence-corrected chi connectivity index (χ1v) is 8.40. The Balaban J connectivity index is 1.69. The lowest BCUT2D eigenvalue weighted by Crippen LogP contribution is -2.38. The van der Waals surface area contributed by atoms with Crippen LogP contribution in [0.15, 0.2) is 42.5 Å². The molecule has 1 atom stereocenters. The second kappa shape index (κ2) is 7.21. The minimum Gasteiger partial charge on any atom is -0.310 e. The molecule has 0 radical (unpaired) electrons. The van der Waals surface area contributed by atoms with Gasteiger partial charge >= 0.3 is 0 Å². The van der Waals surface area contributed by atoms with Crippen molar-refractivity contribution in [3.63, 3.8) is 0 Å². The summed E-state index contributed by atoms with van der Waals surface area (Å²) in [6, 6.07) is 12.1. The Morgan fingerprint density at radius 3 is 2.84 bits per heavy atom. The summed E-state index contributed by atoms with van der Waals surface area (Å²) >= 11 is 6.18. The second-order valence-corrected chi connectivity index (χ2v) is 6.40. The third kappa shape index (κ3) is 3.65. The Labute approximate surface area is 150 Å². The van der Waals surface area contributed by atoms with Gasteiger partial charge in [0.05, 0.1) is 17.2 Å². The molecule has 25 heavy (non-hydrogen) atoms. The van der Waals surface area contributed by atoms with Crippen LogP contribution in [-0.4, -0.2) is 23.9 Å². The standard InChI is InChI=1S/C18H18ClN3O3/c1-12(15-4-2-3-5-16(15)19)20-11-18(23)21-9-8-13-6-7-14(22(24)25)10-17(13)21/h2-7,10,12,20H,8-9,11H2,1H3. The molecule has 2 aromatic rings. The van der Waals surface area contributed by atoms with Gasteiger partial charge in [0.25, 0.3) is 5.69 Å². The number of nitro benzene ring substituents is 1. The van der Waals surface area contributed by atoms with Crippen LogP contribution in [0, 0.1) is 10.1 Å². The maximum Gasteiger partial charge on any atom is 0.271 e. The number of anilines is 1. The molecular formula is C18H18ClN3O3. The Hall–Kier alpha value is -2.44. The fourth-order valence-electron chi connectivity index (χ4n) is 3.01. The maximum absolute atomic E-state index is 12.6. The van der Waals surface area contributed by atoms with E-state index in [1.165, 1.54) is 12.1 Å². The molecule has 1 N–H and O–H groups in total. The number of hydrogen-bond donors (Lipinski definition) is 1. The molecule has 0 bridgehead atoms. The summed E-state index contributed by atoms with van der Waals surface area (Å²) in [5.74, 6) is -0.113. The second-order valence-electron chi connectivity index (χ2n) is 5.99. The lowest BCUT2D eigenvalue weighted by Gasteiger charge is -2.20. The third-order valence-electron chi connectivity index (χ3n) is 4.41. The fraction of sp³-hybridized carbons (Fsp3) is 0.278. The van der Waals surface area contributed by atoms with Gasteiger partial charge in [-0.1, -0.05) is 35.9 Å². The van der Waals surface area contributed by atoms with Crippen LogP contribution in [0.5, 0.6) is 0 Å². The first kappa shape index (κ1) is 17.4. The van der Waals surface area contributed by atoms with Crippen molar-refractivity contribution in [2.75, 3.05) is 18.0 Å². The zero-order valence-corrected chi connectivity index (χ0v) is 14.5. The number of rotatable bonds is 5. The van der Waals surface area contributed by atoms with E-state index in [0.717, 1.165) is 11.1 Å². The van der Waals surface area contributed by atoms with E-state index >= 15 is 0 Å². The summed E-state index contributed by atoms with van der Waals surface area (Å²) in [7, 11) is 0. The van der Waals surface area contributed by atoms with E-state index in [0.29, 0.717) is 23.7 Å². The van der Waals surface area contributed by atoms with Crippen LogP contribution in [0.1, 0.15) is 24.1 Å². The molecule has 1 amide bonds. The lowest BCUT2D eigenvalue weighted by molar-refractivity contribution is -0.384. The molecule has 0 fully saturated rings. The SMILES string of the molecule is CC(NCC(=O)N1CCc2ccc([N+](=O)[O-])cc21)c1ccccc1Cl. The Bertz CT molecular complexity index is 825. The number of amides is 1. The summed E-state index contributed by atoms with van der Waals surface area (Å²) < 4.78 is 0. The van der Waals surface area contributed by atoms with Gasteiger partial charge in [0.2, 0.25) is 5.91 Å². The Kier molecular flexibility index (Phi) is 5.01. The minimum absolute atomic E-state index is 0.00385. The number of carbonyl (C=O) groups excluding carboxylic acids is 1. The maximum atomic E-state index is 12.6. The molecule has 3 rings (SSSR count). The Morgan fingerprint density at radius 1 is 1.36 bits per heavy atom. The molecule has 1 heterocycles. The number of carbonyl (C=O) groups is 1. The van der Waals surface area contributed by atoms with Crippen LogP contribution < -0.4 is 10.2 Å². The van der Waals surface area contributed by atoms with E-state index in [9.17, 15) is 14.9 Å². The van der Waals surface area contributed by atoms with Crippen molar-refractivity contribution in [1.82, 2.24) is 5.32 Å². The topological polar surface area (TPSA) is 75.5 Å². The predicted octanol–water partition coefficient (Wildman–Crippen LogP) is 3.49. The van der Waals surface area contributed by atoms with Crippen molar-refractivity contribution in [3.8, 4) is 0 Å². The average molecular weight is 360 g/mol. The zero-order chi connectivity index (χ0) is 18.0. The molecule has 0 saturated carbocycles. The van der Waals surface area contributed by atoms with E-state index in [-0.39, 0.29) is 24.2 Å². The largest absolute Gasteiger partial charge is 0.310 e. The fourth-order valence-corrected chi connectivity index (χ4v) is 3.31. The van der Waals surface area contributed by atoms with Crippen LogP contribution in [0.3, 0.4) is 0 Å². The molecule has 1 aliphatic rings. The van der Waals surface area contributed by atoms with Gasteiger partial charge < -0.3 is 10.2 Å². The number of hydrogen-bond acceptors (Lipinski definition) is 4. The predicted molar refractivity (Wildman–Crippen MR) is 97.0 cm³/mol. The van der Waals surface area contributed by atoms with Gasteiger partial charge in [-0.05, 0) is 30.5 Å². The molecule has 0 aromatic heterocycles. The number of non-ortho nitro benzene ring substituents is 1. The number of halogens is 1. The van der Waals surface area contributed by atoms with Gasteiger partial charge in [-0.25, -0.2) is 0 Å². The highest BCUT2D eigenvalue weighted by Crippen LogP contribution is 2.31. The zero-order valence-electron chi connectivity index (χ0n) is 13.7. The van der Waals surface area contributed by atoms with Gasteiger partial charge in [0.1, 0.15) is 0 Å². The van der Waals surface area contributed by atoms with Crippen LogP contribution in [-0.2, 0) is 11.2 Å². The summed E-state index contributed by atoms with van der Waals surface area (Å²) in [5, 5.41) is 14.8. The molecule has 130 valence electrons. The van der Waals surface area contributed by atoms with E-state index in [1.54, 1.807) is 11.0 Å². The molecule has 6 nitrogen and oxygen atoms in total. The lowest BCUT2D eigenvalue weighted by atomic mass is 10.1. The molecule has 0 saturated heterocycles. The Morgan fingerprint density at radius 2 is 2.12 bits per heavy atom. The van der Waals surface area contributed by atoms with Gasteiger partial charge in [-0.3, -0.25) is 14.9 Å². The van der Waals surface area contributed by atoms with E-state index < -0.39 is 4.92 Å². The number of nitro groups is 1. The highest BCUT2D eigenvalue weighted by Gasteiger charge is 2.26. The average Bonchev–Trinajstić information content (AvgIpc) is 3.03. The summed E-state index contributed by atoms with van der Waals surface area (Å²) in [6.07, 6.45) is 0.707. The van der Waals surface area contributed by atoms with Crippen molar-refractivity contribution < 1.29 is 9.72 Å². The molecule has 1 unspecified atom stereocenters. The monoisotopic (exact) mass is 359 g/mol. The summed E-state index contributed by atoms with van der Waals surface area (Å²) in [4.78, 5) is 24.7. The highest BCUT2D eigenvalue weighted by molar-refractivity contribution is 6.31. The van der Waals surface area contributed by atoms with E-state index in [2.05, 4.69) is 5.32 Å². The van der Waals surface area contributed by atoms with Crippen molar-refractivity contribution in [1.29, 1.82) is 0 Å². The summed E-state index contributed by atoms with van der Waals surface area (Å²) in [6.45, 7) is 2.61. The number of nitrogens with one attached hydrogen (secondary N) is 1. The van der Waals surface area contributed by atoms with Crippen LogP contribution in [0.2, 0.25) is 5.02 Å². The van der Waals surface area contributed by atoms with Crippen molar-refractivity contribution >= 4 is 28.9 Å². The molecule has 7 heteroatoms. The van der Waals surface area contributed by atoms with Crippen molar-refractivity contribution in [2.45, 2.75) is 19.4 Å². The molecule has 0 spiro atoms. The number of nitrogens with zero attached hydrogens (tertiary/aromatic N) is 2. The van der Waals surface area contributed by atoms with Gasteiger partial charge in [0.15, 0.2) is 0 Å². The van der Waals surface area contributed by atoms with E-state index in [1.807, 2.05) is 31.2 Å². The molecule has 1 aliphatic heterocycles. The third-order valence-corrected chi connectivity index (χ3v) is 4.75. The van der Waals surface area contributed by atoms with Crippen molar-refractivity contribution in [2.24, 2.45) is 0 Å². The normalized spacial score (nSPS) is 14.2.